The van der Waals surface area contributed by atoms with Crippen molar-refractivity contribution in [1.29, 1.82) is 0 Å². The molecule has 0 radical (unpaired) electrons. The molecule has 1 aliphatic rings. The Morgan fingerprint density at radius 3 is 2.60 bits per heavy atom. The van der Waals surface area contributed by atoms with Gasteiger partial charge in [-0.25, -0.2) is 0 Å². The van der Waals surface area contributed by atoms with Crippen LogP contribution >= 0.6 is 15.9 Å². The van der Waals surface area contributed by atoms with Gasteiger partial charge in [0.05, 0.1) is 11.1 Å². The summed E-state index contributed by atoms with van der Waals surface area (Å²) in [5, 5.41) is 14.6. The maximum atomic E-state index is 12.9. The van der Waals surface area contributed by atoms with Crippen LogP contribution < -0.4 is 5.32 Å². The minimum absolute atomic E-state index is 0.0282. The maximum Gasteiger partial charge on any atom is 0.235 e. The van der Waals surface area contributed by atoms with Gasteiger partial charge in [0.2, 0.25) is 5.91 Å². The van der Waals surface area contributed by atoms with E-state index in [1.54, 1.807) is 4.68 Å². The molecule has 1 fully saturated rings. The molecule has 1 aromatic heterocycles. The zero-order valence-electron chi connectivity index (χ0n) is 13.6. The first kappa shape index (κ1) is 16.0. The Balaban J connectivity index is 1.57. The van der Waals surface area contributed by atoms with E-state index in [-0.39, 0.29) is 5.91 Å². The number of benzene rings is 2. The predicted octanol–water partition coefficient (Wildman–Crippen LogP) is 3.40. The molecule has 0 spiro atoms. The first-order valence-corrected chi connectivity index (χ1v) is 8.81. The molecule has 1 aliphatic carbocycles. The average molecular weight is 398 g/mol. The van der Waals surface area contributed by atoms with Gasteiger partial charge < -0.3 is 5.32 Å². The fraction of sp³-hybridized carbons (Fsp3) is 0.222. The van der Waals surface area contributed by atoms with Crippen LogP contribution in [0.4, 0.5) is 5.69 Å². The van der Waals surface area contributed by atoms with Crippen molar-refractivity contribution in [3.8, 4) is 5.69 Å². The summed E-state index contributed by atoms with van der Waals surface area (Å²) in [6.07, 6.45) is 1.73. The number of rotatable bonds is 4. The lowest BCUT2D eigenvalue weighted by molar-refractivity contribution is -0.118. The van der Waals surface area contributed by atoms with E-state index in [1.165, 1.54) is 0 Å². The van der Waals surface area contributed by atoms with Crippen LogP contribution in [0.15, 0.2) is 53.0 Å². The third-order valence-corrected chi connectivity index (χ3v) is 5.08. The van der Waals surface area contributed by atoms with Gasteiger partial charge >= 0.3 is 0 Å². The van der Waals surface area contributed by atoms with Crippen LogP contribution in [-0.2, 0) is 10.2 Å². The van der Waals surface area contributed by atoms with Crippen molar-refractivity contribution < 1.29 is 4.79 Å². The van der Waals surface area contributed by atoms with Crippen LogP contribution in [0, 0.1) is 6.92 Å². The zero-order valence-corrected chi connectivity index (χ0v) is 15.2. The Morgan fingerprint density at radius 1 is 1.20 bits per heavy atom. The van der Waals surface area contributed by atoms with E-state index in [0.717, 1.165) is 34.3 Å². The quantitative estimate of drug-likeness (QED) is 0.731. The second kappa shape index (κ2) is 6.07. The van der Waals surface area contributed by atoms with Crippen LogP contribution in [0.25, 0.3) is 5.69 Å². The molecule has 25 heavy (non-hydrogen) atoms. The standard InChI is InChI=1S/C18H16BrN5O/c1-12-21-22-23-24(12)16-4-2-3-15(11-16)20-17(25)18(9-10-18)13-5-7-14(19)8-6-13/h2-8,11H,9-10H2,1H3,(H,20,25). The van der Waals surface area contributed by atoms with E-state index in [9.17, 15) is 4.79 Å². The molecule has 3 aromatic rings. The monoisotopic (exact) mass is 397 g/mol. The molecule has 6 nitrogen and oxygen atoms in total. The second-order valence-electron chi connectivity index (χ2n) is 6.23. The lowest BCUT2D eigenvalue weighted by Crippen LogP contribution is -2.27. The maximum absolute atomic E-state index is 12.9. The largest absolute Gasteiger partial charge is 0.325 e. The van der Waals surface area contributed by atoms with E-state index in [1.807, 2.05) is 55.5 Å². The van der Waals surface area contributed by atoms with Crippen molar-refractivity contribution in [3.05, 3.63) is 64.4 Å². The van der Waals surface area contributed by atoms with E-state index in [4.69, 9.17) is 0 Å². The van der Waals surface area contributed by atoms with Gasteiger partial charge in [0, 0.05) is 10.2 Å². The van der Waals surface area contributed by atoms with Crippen molar-refractivity contribution >= 4 is 27.5 Å². The first-order chi connectivity index (χ1) is 12.1. The summed E-state index contributed by atoms with van der Waals surface area (Å²) in [5.41, 5.74) is 2.19. The number of halogens is 1. The Morgan fingerprint density at radius 2 is 1.96 bits per heavy atom. The lowest BCUT2D eigenvalue weighted by atomic mass is 9.95. The zero-order chi connectivity index (χ0) is 17.4. The van der Waals surface area contributed by atoms with Crippen LogP contribution in [-0.4, -0.2) is 26.1 Å². The molecule has 7 heteroatoms. The highest BCUT2D eigenvalue weighted by Gasteiger charge is 2.51. The number of nitrogens with one attached hydrogen (secondary N) is 1. The fourth-order valence-corrected chi connectivity index (χ4v) is 3.24. The number of anilines is 1. The van der Waals surface area contributed by atoms with Gasteiger partial charge in [-0.15, -0.1) is 5.10 Å². The van der Waals surface area contributed by atoms with Crippen LogP contribution in [0.2, 0.25) is 0 Å². The Kier molecular flexibility index (Phi) is 3.88. The van der Waals surface area contributed by atoms with Gasteiger partial charge in [-0.05, 0) is 66.1 Å². The molecule has 4 rings (SSSR count). The van der Waals surface area contributed by atoms with Crippen molar-refractivity contribution in [2.45, 2.75) is 25.2 Å². The molecule has 126 valence electrons. The second-order valence-corrected chi connectivity index (χ2v) is 7.15. The highest BCUT2D eigenvalue weighted by atomic mass is 79.9. The molecule has 0 bridgehead atoms. The summed E-state index contributed by atoms with van der Waals surface area (Å²) in [5.74, 6) is 0.720. The number of carbonyl (C=O) groups is 1. The van der Waals surface area contributed by atoms with Crippen molar-refractivity contribution in [3.63, 3.8) is 0 Å². The number of hydrogen-bond donors (Lipinski definition) is 1. The normalized spacial score (nSPS) is 15.0. The van der Waals surface area contributed by atoms with E-state index < -0.39 is 5.41 Å². The first-order valence-electron chi connectivity index (χ1n) is 8.01. The Bertz CT molecular complexity index is 931. The lowest BCUT2D eigenvalue weighted by Gasteiger charge is -2.16. The number of nitrogens with zero attached hydrogens (tertiary/aromatic N) is 4. The van der Waals surface area contributed by atoms with Gasteiger partial charge in [-0.2, -0.15) is 4.68 Å². The number of tetrazole rings is 1. The van der Waals surface area contributed by atoms with Gasteiger partial charge in [-0.3, -0.25) is 4.79 Å². The van der Waals surface area contributed by atoms with E-state index in [2.05, 4.69) is 36.8 Å². The third kappa shape index (κ3) is 2.95. The summed E-state index contributed by atoms with van der Waals surface area (Å²) in [4.78, 5) is 12.9. The van der Waals surface area contributed by atoms with Gasteiger partial charge in [0.1, 0.15) is 0 Å². The molecule has 0 aliphatic heterocycles. The van der Waals surface area contributed by atoms with E-state index >= 15 is 0 Å². The minimum Gasteiger partial charge on any atom is -0.325 e. The summed E-state index contributed by atoms with van der Waals surface area (Å²) >= 11 is 3.44. The minimum atomic E-state index is -0.415. The summed E-state index contributed by atoms with van der Waals surface area (Å²) < 4.78 is 2.65. The molecule has 0 saturated heterocycles. The van der Waals surface area contributed by atoms with Crippen molar-refractivity contribution in [2.75, 3.05) is 5.32 Å². The highest BCUT2D eigenvalue weighted by molar-refractivity contribution is 9.10. The van der Waals surface area contributed by atoms with Crippen LogP contribution in [0.3, 0.4) is 0 Å². The molecular formula is C18H16BrN5O. The van der Waals surface area contributed by atoms with Crippen molar-refractivity contribution in [1.82, 2.24) is 20.2 Å². The molecule has 0 atom stereocenters. The van der Waals surface area contributed by atoms with Crippen LogP contribution in [0.5, 0.6) is 0 Å². The summed E-state index contributed by atoms with van der Waals surface area (Å²) in [6, 6.07) is 15.5. The van der Waals surface area contributed by atoms with Gasteiger partial charge in [0.25, 0.3) is 0 Å². The average Bonchev–Trinajstić information content (AvgIpc) is 3.31. The Hall–Kier alpha value is -2.54. The highest BCUT2D eigenvalue weighted by Crippen LogP contribution is 2.49. The molecule has 0 unspecified atom stereocenters. The van der Waals surface area contributed by atoms with Gasteiger partial charge in [-0.1, -0.05) is 34.1 Å². The number of aromatic nitrogens is 4. The summed E-state index contributed by atoms with van der Waals surface area (Å²) in [7, 11) is 0. The van der Waals surface area contributed by atoms with Gasteiger partial charge in [0.15, 0.2) is 5.82 Å². The fourth-order valence-electron chi connectivity index (χ4n) is 2.98. The number of hydrogen-bond acceptors (Lipinski definition) is 4. The molecule has 1 amide bonds. The molecule has 1 saturated carbocycles. The number of amides is 1. The number of aryl methyl sites for hydroxylation is 1. The third-order valence-electron chi connectivity index (χ3n) is 4.56. The Labute approximate surface area is 153 Å². The molecule has 1 N–H and O–H groups in total. The molecule has 1 heterocycles. The SMILES string of the molecule is Cc1nnnn1-c1cccc(NC(=O)C2(c3ccc(Br)cc3)CC2)c1. The number of carbonyl (C=O) groups excluding carboxylic acids is 1. The van der Waals surface area contributed by atoms with Crippen LogP contribution in [0.1, 0.15) is 24.2 Å². The summed E-state index contributed by atoms with van der Waals surface area (Å²) in [6.45, 7) is 1.83. The van der Waals surface area contributed by atoms with E-state index in [0.29, 0.717) is 5.82 Å². The van der Waals surface area contributed by atoms with Crippen molar-refractivity contribution in [2.24, 2.45) is 0 Å². The molecular weight excluding hydrogens is 382 g/mol. The smallest absolute Gasteiger partial charge is 0.235 e. The topological polar surface area (TPSA) is 72.7 Å². The molecule has 2 aromatic carbocycles. The predicted molar refractivity (Wildman–Crippen MR) is 97.6 cm³/mol.